The van der Waals surface area contributed by atoms with Gasteiger partial charge < -0.3 is 9.73 Å². The van der Waals surface area contributed by atoms with Gasteiger partial charge in [-0.1, -0.05) is 25.1 Å². The van der Waals surface area contributed by atoms with Gasteiger partial charge in [-0.2, -0.15) is 9.29 Å². The average molecular weight is 601 g/mol. The first-order valence-electron chi connectivity index (χ1n) is 13.0. The summed E-state index contributed by atoms with van der Waals surface area (Å²) < 4.78 is 73.9. The van der Waals surface area contributed by atoms with Gasteiger partial charge in [0.1, 0.15) is 17.4 Å². The Morgan fingerprint density at radius 3 is 2.51 bits per heavy atom. The first kappa shape index (κ1) is 28.7. The van der Waals surface area contributed by atoms with E-state index in [0.29, 0.717) is 28.5 Å². The fourth-order valence-corrected chi connectivity index (χ4v) is 7.61. The van der Waals surface area contributed by atoms with Crippen LogP contribution in [0.3, 0.4) is 0 Å². The van der Waals surface area contributed by atoms with E-state index in [-0.39, 0.29) is 53.8 Å². The zero-order chi connectivity index (χ0) is 29.5. The molecule has 1 aliphatic rings. The van der Waals surface area contributed by atoms with Gasteiger partial charge in [-0.25, -0.2) is 21.2 Å². The number of amides is 1. The highest BCUT2D eigenvalue weighted by Crippen LogP contribution is 2.36. The Hall–Kier alpha value is -3.81. The molecule has 4 aromatic rings. The monoisotopic (exact) mass is 600 g/mol. The van der Waals surface area contributed by atoms with Crippen molar-refractivity contribution in [1.82, 2.24) is 14.6 Å². The molecule has 10 nitrogen and oxygen atoms in total. The number of pyridine rings is 1. The molecule has 5 rings (SSSR count). The van der Waals surface area contributed by atoms with Crippen molar-refractivity contribution in [3.8, 4) is 11.3 Å². The molecule has 0 fully saturated rings. The van der Waals surface area contributed by atoms with E-state index in [1.807, 2.05) is 6.92 Å². The van der Waals surface area contributed by atoms with Gasteiger partial charge in [0.05, 0.1) is 22.1 Å². The highest BCUT2D eigenvalue weighted by molar-refractivity contribution is 7.92. The summed E-state index contributed by atoms with van der Waals surface area (Å²) in [5.74, 6) is -0.574. The summed E-state index contributed by atoms with van der Waals surface area (Å²) >= 11 is 0. The number of aryl methyl sites for hydroxylation is 1. The predicted octanol–water partition coefficient (Wildman–Crippen LogP) is 3.92. The lowest BCUT2D eigenvalue weighted by atomic mass is 10.0. The fourth-order valence-electron chi connectivity index (χ4n) is 5.01. The largest absolute Gasteiger partial charge is 0.437 e. The normalized spacial score (nSPS) is 14.7. The fraction of sp³-hybridized carbons (Fsp3) is 0.286. The molecule has 0 bridgehead atoms. The van der Waals surface area contributed by atoms with Crippen LogP contribution in [-0.4, -0.2) is 58.4 Å². The summed E-state index contributed by atoms with van der Waals surface area (Å²) in [6, 6.07) is 13.9. The van der Waals surface area contributed by atoms with Gasteiger partial charge in [0.25, 0.3) is 5.91 Å². The summed E-state index contributed by atoms with van der Waals surface area (Å²) in [4.78, 5) is 17.7. The number of benzene rings is 2. The summed E-state index contributed by atoms with van der Waals surface area (Å²) in [5, 5.41) is 2.97. The van der Waals surface area contributed by atoms with Gasteiger partial charge in [0.15, 0.2) is 0 Å². The van der Waals surface area contributed by atoms with Crippen LogP contribution in [0.5, 0.6) is 0 Å². The van der Waals surface area contributed by atoms with E-state index < -0.39 is 31.8 Å². The topological polar surface area (TPSA) is 130 Å². The Kier molecular flexibility index (Phi) is 7.62. The van der Waals surface area contributed by atoms with E-state index in [9.17, 15) is 26.0 Å². The van der Waals surface area contributed by atoms with E-state index in [4.69, 9.17) is 4.42 Å². The molecule has 13 heteroatoms. The lowest BCUT2D eigenvalue weighted by Crippen LogP contribution is -2.35. The van der Waals surface area contributed by atoms with Crippen LogP contribution in [0.4, 0.5) is 10.2 Å². The van der Waals surface area contributed by atoms with E-state index in [2.05, 4.69) is 10.3 Å². The third-order valence-electron chi connectivity index (χ3n) is 7.02. The number of hydrogen-bond acceptors (Lipinski definition) is 7. The highest BCUT2D eigenvalue weighted by atomic mass is 32.2. The van der Waals surface area contributed by atoms with Gasteiger partial charge in [0, 0.05) is 32.2 Å². The van der Waals surface area contributed by atoms with Crippen LogP contribution in [0.2, 0.25) is 0 Å². The van der Waals surface area contributed by atoms with Crippen molar-refractivity contribution in [1.29, 1.82) is 0 Å². The molecular formula is C28H29FN4O6S2. The second-order valence-electron chi connectivity index (χ2n) is 9.70. The Bertz CT molecular complexity index is 1850. The minimum Gasteiger partial charge on any atom is -0.437 e. The maximum atomic E-state index is 13.6. The molecule has 1 N–H and O–H groups in total. The Morgan fingerprint density at radius 2 is 1.88 bits per heavy atom. The number of furan rings is 1. The summed E-state index contributed by atoms with van der Waals surface area (Å²) in [6.07, 6.45) is 1.67. The zero-order valence-corrected chi connectivity index (χ0v) is 24.4. The number of anilines is 1. The van der Waals surface area contributed by atoms with Gasteiger partial charge in [-0.05, 0) is 60.4 Å². The van der Waals surface area contributed by atoms with Crippen LogP contribution in [0.15, 0.2) is 63.9 Å². The van der Waals surface area contributed by atoms with Crippen molar-refractivity contribution < 1.29 is 30.4 Å². The molecule has 41 heavy (non-hydrogen) atoms. The van der Waals surface area contributed by atoms with Crippen molar-refractivity contribution in [2.45, 2.75) is 31.2 Å². The van der Waals surface area contributed by atoms with E-state index in [1.165, 1.54) is 35.6 Å². The predicted molar refractivity (Wildman–Crippen MR) is 153 cm³/mol. The van der Waals surface area contributed by atoms with Crippen LogP contribution < -0.4 is 9.62 Å². The van der Waals surface area contributed by atoms with Crippen LogP contribution in [0, 0.1) is 5.82 Å². The maximum Gasteiger partial charge on any atom is 0.255 e. The molecular weight excluding hydrogens is 571 g/mol. The number of carbonyl (C=O) groups excluding carboxylic acids is 1. The lowest BCUT2D eigenvalue weighted by Gasteiger charge is -2.24. The van der Waals surface area contributed by atoms with Crippen LogP contribution in [0.1, 0.15) is 34.8 Å². The SMILES string of the molecule is CCc1cc2c(C(=O)NC)c(-c3ccc(F)cc3)oc2nc1N(CCCN1Cc2ccccc2S1(=O)=O)S(C)(=O)=O. The smallest absolute Gasteiger partial charge is 0.255 e. The number of aromatic nitrogens is 1. The quantitative estimate of drug-likeness (QED) is 0.308. The van der Waals surface area contributed by atoms with Crippen molar-refractivity contribution >= 4 is 42.9 Å². The third-order valence-corrected chi connectivity index (χ3v) is 10.1. The van der Waals surface area contributed by atoms with Crippen molar-refractivity contribution in [3.05, 3.63) is 77.1 Å². The Labute approximate surface area is 237 Å². The molecule has 0 saturated heterocycles. The van der Waals surface area contributed by atoms with Gasteiger partial charge >= 0.3 is 0 Å². The number of fused-ring (bicyclic) bond motifs is 2. The van der Waals surface area contributed by atoms with E-state index in [0.717, 1.165) is 10.6 Å². The molecule has 1 aliphatic heterocycles. The molecule has 0 atom stereocenters. The molecule has 0 spiro atoms. The summed E-state index contributed by atoms with van der Waals surface area (Å²) in [7, 11) is -6.02. The highest BCUT2D eigenvalue weighted by Gasteiger charge is 2.34. The molecule has 0 unspecified atom stereocenters. The van der Waals surface area contributed by atoms with E-state index >= 15 is 0 Å². The molecule has 216 valence electrons. The maximum absolute atomic E-state index is 13.6. The molecule has 0 radical (unpaired) electrons. The second-order valence-corrected chi connectivity index (χ2v) is 13.5. The zero-order valence-electron chi connectivity index (χ0n) is 22.7. The van der Waals surface area contributed by atoms with Crippen molar-refractivity contribution in [2.75, 3.05) is 30.7 Å². The first-order chi connectivity index (χ1) is 19.5. The Balaban J connectivity index is 1.51. The summed E-state index contributed by atoms with van der Waals surface area (Å²) in [5.41, 5.74) is 1.96. The number of carbonyl (C=O) groups is 1. The third kappa shape index (κ3) is 5.32. The molecule has 0 saturated carbocycles. The van der Waals surface area contributed by atoms with Gasteiger partial charge in [-0.3, -0.25) is 9.10 Å². The average Bonchev–Trinajstić information content (AvgIpc) is 3.43. The Morgan fingerprint density at radius 1 is 1.17 bits per heavy atom. The first-order valence-corrected chi connectivity index (χ1v) is 16.2. The van der Waals surface area contributed by atoms with E-state index in [1.54, 1.807) is 30.3 Å². The van der Waals surface area contributed by atoms with Gasteiger partial charge in [-0.15, -0.1) is 0 Å². The molecule has 0 aliphatic carbocycles. The number of hydrogen-bond donors (Lipinski definition) is 1. The standard InChI is InChI=1S/C28H29FN4O6S2/c1-4-18-16-22-24(27(34)30-2)25(19-10-12-21(29)13-11-19)39-28(22)31-26(18)33(40(3,35)36)15-7-14-32-17-20-8-5-6-9-23(20)41(32,37)38/h5-6,8-13,16H,4,7,14-15,17H2,1-3H3,(H,30,34). The number of nitrogens with one attached hydrogen (secondary N) is 1. The van der Waals surface area contributed by atoms with Gasteiger partial charge in [0.2, 0.25) is 25.8 Å². The van der Waals surface area contributed by atoms with Crippen LogP contribution in [0.25, 0.3) is 22.4 Å². The number of halogens is 1. The second kappa shape index (κ2) is 10.9. The molecule has 1 amide bonds. The summed E-state index contributed by atoms with van der Waals surface area (Å²) in [6.45, 7) is 2.15. The number of nitrogens with zero attached hydrogens (tertiary/aromatic N) is 3. The minimum absolute atomic E-state index is 0.0272. The van der Waals surface area contributed by atoms with Crippen LogP contribution >= 0.6 is 0 Å². The van der Waals surface area contributed by atoms with Crippen LogP contribution in [-0.2, 0) is 33.0 Å². The number of rotatable bonds is 9. The van der Waals surface area contributed by atoms with Crippen molar-refractivity contribution in [3.63, 3.8) is 0 Å². The lowest BCUT2D eigenvalue weighted by molar-refractivity contribution is 0.0964. The minimum atomic E-state index is -3.84. The molecule has 3 heterocycles. The number of sulfonamides is 2. The molecule has 2 aromatic heterocycles. The molecule has 2 aromatic carbocycles. The van der Waals surface area contributed by atoms with Crippen molar-refractivity contribution in [2.24, 2.45) is 0 Å².